The van der Waals surface area contributed by atoms with Gasteiger partial charge in [-0.1, -0.05) is 18.2 Å². The first-order valence-corrected chi connectivity index (χ1v) is 8.09. The van der Waals surface area contributed by atoms with E-state index in [1.54, 1.807) is 25.1 Å². The Morgan fingerprint density at radius 3 is 2.85 bits per heavy atom. The van der Waals surface area contributed by atoms with Gasteiger partial charge in [0.25, 0.3) is 11.4 Å². The van der Waals surface area contributed by atoms with Crippen molar-refractivity contribution in [2.75, 3.05) is 32.9 Å². The van der Waals surface area contributed by atoms with Gasteiger partial charge in [-0.05, 0) is 19.1 Å². The molecule has 0 bridgehead atoms. The standard InChI is InChI=1S/C18H22N2O6/c1-4-25-17(22)12-26-16-11-6-5-8-13(16)20(24-3)14-9-7-10-15(21)18(14)19-23-2/h5-7,9-11,19H,4,8,12H2,1-3H3/p+1/b20-13-. The number of carbonyl (C=O) groups is 1. The van der Waals surface area contributed by atoms with Gasteiger partial charge in [0.05, 0.1) is 20.1 Å². The van der Waals surface area contributed by atoms with E-state index in [0.29, 0.717) is 29.3 Å². The summed E-state index contributed by atoms with van der Waals surface area (Å²) in [5, 5.41) is 10.1. The molecule has 0 fully saturated rings. The Morgan fingerprint density at radius 1 is 1.35 bits per heavy atom. The molecule has 0 aromatic heterocycles. The van der Waals surface area contributed by atoms with Gasteiger partial charge < -0.3 is 14.6 Å². The quantitative estimate of drug-likeness (QED) is 0.317. The van der Waals surface area contributed by atoms with Crippen molar-refractivity contribution in [3.63, 3.8) is 0 Å². The summed E-state index contributed by atoms with van der Waals surface area (Å²) in [5.74, 6) is 0.01000. The number of hydrogen-bond acceptors (Lipinski definition) is 7. The third kappa shape index (κ3) is 4.54. The van der Waals surface area contributed by atoms with Crippen molar-refractivity contribution < 1.29 is 33.8 Å². The van der Waals surface area contributed by atoms with Crippen LogP contribution in [0.1, 0.15) is 13.3 Å². The SMILES string of the molecule is CCOC(=O)COC1=CC=CC/C1=[N+](/OC)c1cccc(O)c1NOC. The molecule has 2 N–H and O–H groups in total. The first-order chi connectivity index (χ1) is 12.6. The van der Waals surface area contributed by atoms with Gasteiger partial charge in [0, 0.05) is 10.8 Å². The molecule has 0 unspecified atom stereocenters. The van der Waals surface area contributed by atoms with Crippen LogP contribution in [0.15, 0.2) is 42.2 Å². The number of phenolic OH excluding ortho intramolecular Hbond substituents is 1. The molecular weight excluding hydrogens is 340 g/mol. The Bertz CT molecular complexity index is 739. The largest absolute Gasteiger partial charge is 0.505 e. The average molecular weight is 363 g/mol. The Balaban J connectivity index is 2.40. The van der Waals surface area contributed by atoms with Crippen LogP contribution in [-0.4, -0.2) is 49.0 Å². The highest BCUT2D eigenvalue weighted by Gasteiger charge is 2.29. The molecule has 140 valence electrons. The van der Waals surface area contributed by atoms with E-state index in [-0.39, 0.29) is 19.0 Å². The lowest BCUT2D eigenvalue weighted by Gasteiger charge is -2.14. The number of nitrogens with zero attached hydrogens (tertiary/aromatic N) is 1. The summed E-state index contributed by atoms with van der Waals surface area (Å²) < 4.78 is 12.0. The Morgan fingerprint density at radius 2 is 2.15 bits per heavy atom. The molecule has 0 aliphatic heterocycles. The summed E-state index contributed by atoms with van der Waals surface area (Å²) in [6.45, 7) is 1.81. The fraction of sp³-hybridized carbons (Fsp3) is 0.333. The summed E-state index contributed by atoms with van der Waals surface area (Å²) >= 11 is 0. The number of allylic oxidation sites excluding steroid dienone is 4. The summed E-state index contributed by atoms with van der Waals surface area (Å²) in [7, 11) is 2.94. The fourth-order valence-electron chi connectivity index (χ4n) is 2.44. The zero-order chi connectivity index (χ0) is 18.9. The highest BCUT2D eigenvalue weighted by molar-refractivity contribution is 5.98. The number of carbonyl (C=O) groups excluding carboxylic acids is 1. The Hall–Kier alpha value is -3.00. The van der Waals surface area contributed by atoms with Gasteiger partial charge in [0.1, 0.15) is 12.9 Å². The van der Waals surface area contributed by atoms with E-state index < -0.39 is 5.97 Å². The maximum Gasteiger partial charge on any atom is 0.344 e. The Labute approximate surface area is 151 Å². The molecule has 0 saturated heterocycles. The highest BCUT2D eigenvalue weighted by atomic mass is 16.7. The molecule has 0 radical (unpaired) electrons. The monoisotopic (exact) mass is 363 g/mol. The van der Waals surface area contributed by atoms with Crippen LogP contribution < -0.4 is 5.48 Å². The topological polar surface area (TPSA) is 89.3 Å². The van der Waals surface area contributed by atoms with Crippen molar-refractivity contribution in [3.8, 4) is 5.75 Å². The van der Waals surface area contributed by atoms with Gasteiger partial charge in [0.15, 0.2) is 18.1 Å². The van der Waals surface area contributed by atoms with Gasteiger partial charge in [-0.2, -0.15) is 0 Å². The van der Waals surface area contributed by atoms with E-state index >= 15 is 0 Å². The van der Waals surface area contributed by atoms with E-state index in [1.807, 2.05) is 12.2 Å². The van der Waals surface area contributed by atoms with Crippen molar-refractivity contribution in [2.45, 2.75) is 13.3 Å². The minimum Gasteiger partial charge on any atom is -0.505 e. The average Bonchev–Trinajstić information content (AvgIpc) is 2.64. The molecule has 1 aromatic carbocycles. The number of para-hydroxylation sites is 1. The molecule has 8 heteroatoms. The molecule has 1 aromatic rings. The van der Waals surface area contributed by atoms with Gasteiger partial charge in [-0.3, -0.25) is 15.2 Å². The van der Waals surface area contributed by atoms with Crippen LogP contribution in [0.25, 0.3) is 0 Å². The number of nitrogens with one attached hydrogen (secondary N) is 1. The maximum atomic E-state index is 11.6. The molecule has 0 saturated carbocycles. The highest BCUT2D eigenvalue weighted by Crippen LogP contribution is 2.34. The smallest absolute Gasteiger partial charge is 0.344 e. The fourth-order valence-corrected chi connectivity index (χ4v) is 2.44. The minimum atomic E-state index is -0.453. The molecular formula is C18H23N2O6+. The zero-order valence-corrected chi connectivity index (χ0v) is 15.0. The maximum absolute atomic E-state index is 11.6. The van der Waals surface area contributed by atoms with E-state index in [9.17, 15) is 9.90 Å². The van der Waals surface area contributed by atoms with Gasteiger partial charge >= 0.3 is 5.97 Å². The molecule has 0 amide bonds. The second-order valence-electron chi connectivity index (χ2n) is 5.16. The van der Waals surface area contributed by atoms with Crippen LogP contribution in [-0.2, 0) is 23.9 Å². The lowest BCUT2D eigenvalue weighted by Crippen LogP contribution is -2.23. The van der Waals surface area contributed by atoms with Crippen LogP contribution in [0.5, 0.6) is 5.75 Å². The molecule has 1 aliphatic carbocycles. The zero-order valence-electron chi connectivity index (χ0n) is 15.0. The normalized spacial score (nSPS) is 15.1. The number of hydrogen-bond donors (Lipinski definition) is 2. The molecule has 1 aliphatic rings. The van der Waals surface area contributed by atoms with Gasteiger partial charge in [-0.15, -0.1) is 0 Å². The van der Waals surface area contributed by atoms with Crippen LogP contribution in [0.4, 0.5) is 11.4 Å². The van der Waals surface area contributed by atoms with Crippen LogP contribution in [0.3, 0.4) is 0 Å². The molecule has 0 spiro atoms. The Kier molecular flexibility index (Phi) is 7.04. The van der Waals surface area contributed by atoms with Crippen LogP contribution >= 0.6 is 0 Å². The number of phenols is 1. The molecule has 8 nitrogen and oxygen atoms in total. The van der Waals surface area contributed by atoms with E-state index in [2.05, 4.69) is 5.48 Å². The van der Waals surface area contributed by atoms with E-state index in [0.717, 1.165) is 0 Å². The number of esters is 1. The predicted molar refractivity (Wildman–Crippen MR) is 95.1 cm³/mol. The summed E-state index contributed by atoms with van der Waals surface area (Å²) in [6, 6.07) is 4.95. The minimum absolute atomic E-state index is 0.00340. The number of rotatable bonds is 8. The second-order valence-corrected chi connectivity index (χ2v) is 5.16. The predicted octanol–water partition coefficient (Wildman–Crippen LogP) is 2.44. The first kappa shape index (κ1) is 19.3. The molecule has 26 heavy (non-hydrogen) atoms. The lowest BCUT2D eigenvalue weighted by molar-refractivity contribution is -0.720. The lowest BCUT2D eigenvalue weighted by atomic mass is 10.1. The number of anilines is 1. The van der Waals surface area contributed by atoms with E-state index in [4.69, 9.17) is 19.1 Å². The van der Waals surface area contributed by atoms with Crippen molar-refractivity contribution in [1.82, 2.24) is 0 Å². The van der Waals surface area contributed by atoms with Gasteiger partial charge in [-0.25, -0.2) is 4.79 Å². The summed E-state index contributed by atoms with van der Waals surface area (Å²) in [4.78, 5) is 22.0. The third-order valence-electron chi connectivity index (χ3n) is 3.50. The second kappa shape index (κ2) is 9.47. The molecule has 0 heterocycles. The third-order valence-corrected chi connectivity index (χ3v) is 3.50. The number of aromatic hydroxyl groups is 1. The summed E-state index contributed by atoms with van der Waals surface area (Å²) in [5.41, 5.74) is 4.15. The van der Waals surface area contributed by atoms with E-state index in [1.165, 1.54) is 25.0 Å². The number of benzene rings is 1. The van der Waals surface area contributed by atoms with Crippen LogP contribution in [0.2, 0.25) is 0 Å². The first-order valence-electron chi connectivity index (χ1n) is 8.09. The van der Waals surface area contributed by atoms with Crippen molar-refractivity contribution in [2.24, 2.45) is 0 Å². The molecule has 0 atom stereocenters. The molecule has 2 rings (SSSR count). The van der Waals surface area contributed by atoms with Crippen molar-refractivity contribution in [3.05, 3.63) is 42.2 Å². The van der Waals surface area contributed by atoms with Crippen molar-refractivity contribution >= 4 is 23.1 Å². The van der Waals surface area contributed by atoms with Crippen molar-refractivity contribution in [1.29, 1.82) is 0 Å². The van der Waals surface area contributed by atoms with Gasteiger partial charge in [0.2, 0.25) is 0 Å². The number of ether oxygens (including phenoxy) is 2. The van der Waals surface area contributed by atoms with Crippen LogP contribution in [0, 0.1) is 0 Å². The summed E-state index contributed by atoms with van der Waals surface area (Å²) in [6.07, 6.45) is 5.99.